The van der Waals surface area contributed by atoms with Crippen molar-refractivity contribution in [3.63, 3.8) is 0 Å². The lowest BCUT2D eigenvalue weighted by molar-refractivity contribution is 0.261. The van der Waals surface area contributed by atoms with Crippen molar-refractivity contribution >= 4 is 31.2 Å². The van der Waals surface area contributed by atoms with Gasteiger partial charge in [-0.1, -0.05) is 61.2 Å². The topological polar surface area (TPSA) is 151 Å². The van der Waals surface area contributed by atoms with Gasteiger partial charge in [0, 0.05) is 31.6 Å². The molecule has 0 radical (unpaired) electrons. The highest BCUT2D eigenvalue weighted by molar-refractivity contribution is 7.89. The average Bonchev–Trinajstić information content (AvgIpc) is 3.46. The Morgan fingerprint density at radius 2 is 1.60 bits per heavy atom. The Balaban J connectivity index is 1.21. The molecule has 2 aromatic carbocycles. The van der Waals surface area contributed by atoms with Crippen LogP contribution in [0, 0.1) is 6.92 Å². The molecule has 1 N–H and O–H groups in total. The van der Waals surface area contributed by atoms with Gasteiger partial charge in [-0.2, -0.15) is 8.61 Å². The molecule has 14 heteroatoms. The van der Waals surface area contributed by atoms with E-state index in [-0.39, 0.29) is 33.8 Å². The van der Waals surface area contributed by atoms with E-state index in [1.54, 1.807) is 8.99 Å². The predicted molar refractivity (Wildman–Crippen MR) is 170 cm³/mol. The van der Waals surface area contributed by atoms with Crippen molar-refractivity contribution in [1.82, 2.24) is 33.6 Å². The Bertz CT molecular complexity index is 1930. The summed E-state index contributed by atoms with van der Waals surface area (Å²) in [6, 6.07) is 13.5. The van der Waals surface area contributed by atoms with E-state index in [1.807, 2.05) is 38.1 Å². The van der Waals surface area contributed by atoms with E-state index in [0.29, 0.717) is 43.9 Å². The minimum atomic E-state index is -3.93. The number of fused-ring (bicyclic) bond motifs is 1. The summed E-state index contributed by atoms with van der Waals surface area (Å²) in [7, 11) is -7.69. The summed E-state index contributed by atoms with van der Waals surface area (Å²) < 4.78 is 59.0. The zero-order valence-electron chi connectivity index (χ0n) is 25.6. The fraction of sp³-hybridized carbons (Fsp3) is 0.484. The Morgan fingerprint density at radius 1 is 0.911 bits per heavy atom. The number of benzene rings is 2. The van der Waals surface area contributed by atoms with Gasteiger partial charge in [0.15, 0.2) is 11.2 Å². The highest BCUT2D eigenvalue weighted by atomic mass is 32.2. The number of hydrogen-bond acceptors (Lipinski definition) is 8. The van der Waals surface area contributed by atoms with E-state index >= 15 is 0 Å². The van der Waals surface area contributed by atoms with Crippen LogP contribution in [0.5, 0.6) is 0 Å². The van der Waals surface area contributed by atoms with E-state index in [4.69, 9.17) is 4.98 Å². The monoisotopic (exact) mass is 653 g/mol. The van der Waals surface area contributed by atoms with Gasteiger partial charge in [0.1, 0.15) is 5.82 Å². The summed E-state index contributed by atoms with van der Waals surface area (Å²) in [5, 5.41) is 8.19. The summed E-state index contributed by atoms with van der Waals surface area (Å²) in [5.74, 6) is 0.0465. The zero-order valence-corrected chi connectivity index (χ0v) is 27.2. The van der Waals surface area contributed by atoms with Crippen LogP contribution >= 0.6 is 0 Å². The summed E-state index contributed by atoms with van der Waals surface area (Å²) in [6.45, 7) is 5.04. The van der Waals surface area contributed by atoms with Crippen LogP contribution in [-0.2, 0) is 26.6 Å². The number of rotatable bonds is 9. The summed E-state index contributed by atoms with van der Waals surface area (Å²) >= 11 is 0. The highest BCUT2D eigenvalue weighted by Gasteiger charge is 2.34. The predicted octanol–water partition coefficient (Wildman–Crippen LogP) is 3.78. The molecule has 1 aliphatic heterocycles. The fourth-order valence-electron chi connectivity index (χ4n) is 6.49. The molecule has 0 unspecified atom stereocenters. The Labute approximate surface area is 263 Å². The molecule has 2 aliphatic rings. The number of aryl methyl sites for hydroxylation is 1. The lowest BCUT2D eigenvalue weighted by Gasteiger charge is -2.33. The first-order valence-electron chi connectivity index (χ1n) is 15.6. The summed E-state index contributed by atoms with van der Waals surface area (Å²) in [6.07, 6.45) is 6.04. The van der Waals surface area contributed by atoms with Gasteiger partial charge in [0.25, 0.3) is 5.56 Å². The quantitative estimate of drug-likeness (QED) is 0.287. The number of hydrogen-bond donors (Lipinski definition) is 1. The van der Waals surface area contributed by atoms with Crippen LogP contribution in [0.1, 0.15) is 74.7 Å². The number of nitrogens with zero attached hydrogens (tertiary/aromatic N) is 6. The molecule has 2 aromatic heterocycles. The highest BCUT2D eigenvalue weighted by Crippen LogP contribution is 2.31. The van der Waals surface area contributed by atoms with Gasteiger partial charge in [-0.15, -0.1) is 5.10 Å². The molecule has 1 saturated heterocycles. The number of aromatic nitrogens is 5. The average molecular weight is 654 g/mol. The molecule has 240 valence electrons. The molecular weight excluding hydrogens is 615 g/mol. The lowest BCUT2D eigenvalue weighted by Crippen LogP contribution is -2.41. The smallest absolute Gasteiger partial charge is 0.281 e. The minimum absolute atomic E-state index is 0.0279. The summed E-state index contributed by atoms with van der Waals surface area (Å²) in [5.41, 5.74) is 2.18. The molecule has 2 fully saturated rings. The van der Waals surface area contributed by atoms with Crippen molar-refractivity contribution in [2.75, 3.05) is 19.6 Å². The number of H-pyrrole nitrogens is 1. The molecule has 4 aromatic rings. The molecule has 1 saturated carbocycles. The van der Waals surface area contributed by atoms with Gasteiger partial charge >= 0.3 is 0 Å². The zero-order chi connectivity index (χ0) is 31.8. The standard InChI is InChI=1S/C31H39N7O5S2/c1-3-38(25-9-5-4-6-10-25)45(42,43)27-17-15-26(16-18-27)44(40,41)36-19-7-8-24(21-36)29-32-30-28(31(39)33-29)34-35-37(30)20-23-13-11-22(2)12-14-23/h11-18,24-25H,3-10,19-21H2,1-2H3,(H,32,33,39)/t24-/m0/s1. The maximum absolute atomic E-state index is 13.7. The Morgan fingerprint density at radius 3 is 2.29 bits per heavy atom. The molecule has 12 nitrogen and oxygen atoms in total. The second-order valence-corrected chi connectivity index (χ2v) is 15.9. The van der Waals surface area contributed by atoms with E-state index < -0.39 is 25.6 Å². The Kier molecular flexibility index (Phi) is 8.92. The van der Waals surface area contributed by atoms with E-state index in [9.17, 15) is 21.6 Å². The van der Waals surface area contributed by atoms with Gasteiger partial charge < -0.3 is 4.98 Å². The first kappa shape index (κ1) is 31.5. The maximum atomic E-state index is 13.7. The van der Waals surface area contributed by atoms with Crippen molar-refractivity contribution in [2.45, 2.75) is 87.1 Å². The van der Waals surface area contributed by atoms with Crippen LogP contribution in [0.3, 0.4) is 0 Å². The number of sulfonamides is 2. The van der Waals surface area contributed by atoms with Crippen molar-refractivity contribution in [3.05, 3.63) is 75.8 Å². The van der Waals surface area contributed by atoms with Gasteiger partial charge in [-0.05, 0) is 62.4 Å². The van der Waals surface area contributed by atoms with Crippen molar-refractivity contribution in [1.29, 1.82) is 0 Å². The molecule has 6 rings (SSSR count). The van der Waals surface area contributed by atoms with Gasteiger partial charge in [0.2, 0.25) is 20.0 Å². The summed E-state index contributed by atoms with van der Waals surface area (Å²) in [4.78, 5) is 20.6. The molecular formula is C31H39N7O5S2. The molecule has 1 atom stereocenters. The van der Waals surface area contributed by atoms with E-state index in [2.05, 4.69) is 15.3 Å². The molecule has 0 amide bonds. The first-order chi connectivity index (χ1) is 21.6. The van der Waals surface area contributed by atoms with Crippen LogP contribution in [0.4, 0.5) is 0 Å². The van der Waals surface area contributed by atoms with Crippen molar-refractivity contribution in [3.8, 4) is 0 Å². The maximum Gasteiger partial charge on any atom is 0.281 e. The molecule has 0 spiro atoms. The third-order valence-corrected chi connectivity index (χ3v) is 12.9. The SMILES string of the molecule is CCN(C1CCCCC1)S(=O)(=O)c1ccc(S(=O)(=O)N2CCC[C@H](c3nc4c(nnn4Cc4ccc(C)cc4)c(=O)[nH]3)C2)cc1. The van der Waals surface area contributed by atoms with E-state index in [0.717, 1.165) is 43.2 Å². The minimum Gasteiger partial charge on any atom is -0.308 e. The number of piperidine rings is 1. The van der Waals surface area contributed by atoms with Crippen LogP contribution in [0.25, 0.3) is 11.2 Å². The van der Waals surface area contributed by atoms with Crippen molar-refractivity contribution < 1.29 is 16.8 Å². The second-order valence-electron chi connectivity index (χ2n) is 12.0. The van der Waals surface area contributed by atoms with Crippen molar-refractivity contribution in [2.24, 2.45) is 0 Å². The normalized spacial score (nSPS) is 19.0. The molecule has 45 heavy (non-hydrogen) atoms. The Hall–Kier alpha value is -3.46. The van der Waals surface area contributed by atoms with Gasteiger partial charge in [-0.3, -0.25) is 4.79 Å². The molecule has 0 bridgehead atoms. The van der Waals surface area contributed by atoms with Gasteiger partial charge in [0.05, 0.1) is 16.3 Å². The fourth-order valence-corrected chi connectivity index (χ4v) is 9.71. The molecule has 3 heterocycles. The van der Waals surface area contributed by atoms with E-state index in [1.165, 1.54) is 28.6 Å². The number of aromatic amines is 1. The lowest BCUT2D eigenvalue weighted by atomic mass is 9.95. The van der Waals surface area contributed by atoms with Crippen LogP contribution in [-0.4, -0.2) is 76.1 Å². The second kappa shape index (κ2) is 12.7. The van der Waals surface area contributed by atoms with Crippen LogP contribution in [0.15, 0.2) is 63.1 Å². The van der Waals surface area contributed by atoms with Crippen LogP contribution in [0.2, 0.25) is 0 Å². The largest absolute Gasteiger partial charge is 0.308 e. The first-order valence-corrected chi connectivity index (χ1v) is 18.5. The van der Waals surface area contributed by atoms with Gasteiger partial charge in [-0.25, -0.2) is 26.5 Å². The van der Waals surface area contributed by atoms with Crippen LogP contribution < -0.4 is 5.56 Å². The third kappa shape index (κ3) is 6.33. The number of nitrogens with one attached hydrogen (secondary N) is 1. The molecule has 1 aliphatic carbocycles. The third-order valence-electron chi connectivity index (χ3n) is 8.98.